The van der Waals surface area contributed by atoms with Crippen LogP contribution in [-0.4, -0.2) is 11.6 Å². The van der Waals surface area contributed by atoms with Gasteiger partial charge in [-0.3, -0.25) is 9.59 Å². The molecule has 0 spiro atoms. The van der Waals surface area contributed by atoms with E-state index in [0.717, 1.165) is 44.1 Å². The van der Waals surface area contributed by atoms with E-state index in [1.165, 1.54) is 18.4 Å². The first-order valence-electron chi connectivity index (χ1n) is 10.4. The van der Waals surface area contributed by atoms with E-state index in [0.29, 0.717) is 35.7 Å². The van der Waals surface area contributed by atoms with Gasteiger partial charge in [-0.05, 0) is 78.8 Å². The highest BCUT2D eigenvalue weighted by atomic mass is 16.1. The predicted molar refractivity (Wildman–Crippen MR) is 100 cm³/mol. The lowest BCUT2D eigenvalue weighted by molar-refractivity contribution is -0.117. The van der Waals surface area contributed by atoms with Crippen molar-refractivity contribution in [2.24, 2.45) is 28.6 Å². The minimum atomic E-state index is 0.107. The lowest BCUT2D eigenvalue weighted by Gasteiger charge is -2.57. The molecule has 3 saturated carbocycles. The van der Waals surface area contributed by atoms with Crippen molar-refractivity contribution >= 4 is 11.6 Å². The number of ketones is 2. The predicted octanol–water partition coefficient (Wildman–Crippen LogP) is 5.42. The minimum Gasteiger partial charge on any atom is -0.295 e. The maximum atomic E-state index is 12.8. The van der Waals surface area contributed by atoms with E-state index in [2.05, 4.69) is 26.8 Å². The second-order valence-corrected chi connectivity index (χ2v) is 9.46. The monoisotopic (exact) mass is 340 g/mol. The van der Waals surface area contributed by atoms with Gasteiger partial charge in [0.1, 0.15) is 0 Å². The van der Waals surface area contributed by atoms with Gasteiger partial charge in [-0.1, -0.05) is 38.8 Å². The molecule has 25 heavy (non-hydrogen) atoms. The average Bonchev–Trinajstić information content (AvgIpc) is 2.84. The molecular formula is C23H32O2. The first-order valence-corrected chi connectivity index (χ1v) is 10.4. The highest BCUT2D eigenvalue weighted by Crippen LogP contribution is 2.65. The van der Waals surface area contributed by atoms with E-state index in [1.54, 1.807) is 0 Å². The zero-order chi connectivity index (χ0) is 17.8. The Morgan fingerprint density at radius 2 is 1.88 bits per heavy atom. The third-order valence-corrected chi connectivity index (χ3v) is 8.31. The van der Waals surface area contributed by atoms with Crippen molar-refractivity contribution < 1.29 is 9.59 Å². The van der Waals surface area contributed by atoms with Gasteiger partial charge >= 0.3 is 0 Å². The van der Waals surface area contributed by atoms with E-state index in [1.807, 2.05) is 6.08 Å². The van der Waals surface area contributed by atoms with Gasteiger partial charge in [-0.2, -0.15) is 0 Å². The molecule has 5 atom stereocenters. The standard InChI is InChI=1S/C23H32O2/c1-4-5-6-19-21(25)14-20-17-8-7-15-13-16(24)9-11-22(15,2)18(17)10-12-23(19,20)3/h6,13,17-18,20H,4-5,7-12,14H2,1-3H3/b19-6-/t17-,18+,20+,22+,23-/m1/s1. The van der Waals surface area contributed by atoms with Crippen LogP contribution >= 0.6 is 0 Å². The molecule has 0 N–H and O–H groups in total. The summed E-state index contributed by atoms with van der Waals surface area (Å²) in [5.74, 6) is 2.60. The number of carbonyl (C=O) groups is 2. The fourth-order valence-electron chi connectivity index (χ4n) is 6.85. The van der Waals surface area contributed by atoms with Crippen LogP contribution in [0.25, 0.3) is 0 Å². The first-order chi connectivity index (χ1) is 11.9. The third kappa shape index (κ3) is 2.43. The molecule has 0 unspecified atom stereocenters. The number of hydrogen-bond acceptors (Lipinski definition) is 2. The van der Waals surface area contributed by atoms with E-state index in [9.17, 15) is 9.59 Å². The summed E-state index contributed by atoms with van der Waals surface area (Å²) in [6.07, 6.45) is 13.5. The summed E-state index contributed by atoms with van der Waals surface area (Å²) >= 11 is 0. The second kappa shape index (κ2) is 5.93. The number of hydrogen-bond donors (Lipinski definition) is 0. The van der Waals surface area contributed by atoms with Gasteiger partial charge < -0.3 is 0 Å². The molecule has 4 aliphatic carbocycles. The topological polar surface area (TPSA) is 34.1 Å². The van der Waals surface area contributed by atoms with Crippen LogP contribution in [0.2, 0.25) is 0 Å². The van der Waals surface area contributed by atoms with Crippen molar-refractivity contribution in [3.05, 3.63) is 23.3 Å². The average molecular weight is 341 g/mol. The number of Topliss-reactive ketones (excluding diaryl/α,β-unsaturated/α-hetero) is 1. The Hall–Kier alpha value is -1.18. The van der Waals surface area contributed by atoms with Crippen LogP contribution in [0.4, 0.5) is 0 Å². The maximum absolute atomic E-state index is 12.8. The first kappa shape index (κ1) is 17.2. The Balaban J connectivity index is 1.67. The van der Waals surface area contributed by atoms with Crippen molar-refractivity contribution in [1.29, 1.82) is 0 Å². The van der Waals surface area contributed by atoms with Crippen LogP contribution in [0.15, 0.2) is 23.3 Å². The summed E-state index contributed by atoms with van der Waals surface area (Å²) in [5, 5.41) is 0. The van der Waals surface area contributed by atoms with E-state index in [-0.39, 0.29) is 10.8 Å². The van der Waals surface area contributed by atoms with Crippen LogP contribution in [0.5, 0.6) is 0 Å². The number of allylic oxidation sites excluding steroid dienone is 3. The lowest BCUT2D eigenvalue weighted by Crippen LogP contribution is -2.49. The van der Waals surface area contributed by atoms with Gasteiger partial charge in [-0.15, -0.1) is 0 Å². The summed E-state index contributed by atoms with van der Waals surface area (Å²) < 4.78 is 0. The van der Waals surface area contributed by atoms with Crippen LogP contribution < -0.4 is 0 Å². The maximum Gasteiger partial charge on any atom is 0.159 e. The van der Waals surface area contributed by atoms with Crippen LogP contribution in [0.1, 0.15) is 78.6 Å². The molecule has 0 saturated heterocycles. The van der Waals surface area contributed by atoms with Crippen molar-refractivity contribution in [2.75, 3.05) is 0 Å². The molecule has 0 aromatic carbocycles. The van der Waals surface area contributed by atoms with E-state index in [4.69, 9.17) is 0 Å². The van der Waals surface area contributed by atoms with Crippen molar-refractivity contribution in [1.82, 2.24) is 0 Å². The number of rotatable bonds is 2. The molecule has 0 aromatic rings. The van der Waals surface area contributed by atoms with Gasteiger partial charge in [-0.25, -0.2) is 0 Å². The van der Waals surface area contributed by atoms with Gasteiger partial charge in [0.05, 0.1) is 0 Å². The molecule has 2 nitrogen and oxygen atoms in total. The SMILES string of the molecule is CCC/C=C1/C(=O)C[C@H]2[C@@H]3CCC4=CC(=O)CC[C@]4(C)[C@H]3CC[C@]12C. The summed E-state index contributed by atoms with van der Waals surface area (Å²) in [7, 11) is 0. The number of carbonyl (C=O) groups excluding carboxylic acids is 2. The summed E-state index contributed by atoms with van der Waals surface area (Å²) in [4.78, 5) is 24.7. The normalized spacial score (nSPS) is 45.0. The molecular weight excluding hydrogens is 308 g/mol. The highest BCUT2D eigenvalue weighted by molar-refractivity contribution is 5.99. The van der Waals surface area contributed by atoms with Gasteiger partial charge in [0.25, 0.3) is 0 Å². The molecule has 0 aromatic heterocycles. The zero-order valence-electron chi connectivity index (χ0n) is 16.1. The van der Waals surface area contributed by atoms with Gasteiger partial charge in [0.2, 0.25) is 0 Å². The highest BCUT2D eigenvalue weighted by Gasteiger charge is 2.59. The third-order valence-electron chi connectivity index (χ3n) is 8.31. The Labute approximate surface area is 152 Å². The smallest absolute Gasteiger partial charge is 0.159 e. The molecule has 4 rings (SSSR count). The fraction of sp³-hybridized carbons (Fsp3) is 0.739. The molecule has 0 radical (unpaired) electrons. The van der Waals surface area contributed by atoms with Crippen molar-refractivity contribution in [3.63, 3.8) is 0 Å². The Bertz CT molecular complexity index is 670. The summed E-state index contributed by atoms with van der Waals surface area (Å²) in [6, 6.07) is 0. The molecule has 0 bridgehead atoms. The Morgan fingerprint density at radius 3 is 2.64 bits per heavy atom. The quantitative estimate of drug-likeness (QED) is 0.629. The Kier molecular flexibility index (Phi) is 4.09. The number of unbranched alkanes of at least 4 members (excludes halogenated alkanes) is 1. The van der Waals surface area contributed by atoms with Gasteiger partial charge in [0.15, 0.2) is 11.6 Å². The summed E-state index contributed by atoms with van der Waals surface area (Å²) in [6.45, 7) is 6.97. The molecule has 0 amide bonds. The largest absolute Gasteiger partial charge is 0.295 e. The molecule has 136 valence electrons. The molecule has 3 fully saturated rings. The van der Waals surface area contributed by atoms with Crippen LogP contribution in [-0.2, 0) is 9.59 Å². The molecule has 2 heteroatoms. The minimum absolute atomic E-state index is 0.107. The van der Waals surface area contributed by atoms with Gasteiger partial charge in [0, 0.05) is 12.8 Å². The van der Waals surface area contributed by atoms with Crippen LogP contribution in [0, 0.1) is 28.6 Å². The van der Waals surface area contributed by atoms with Crippen molar-refractivity contribution in [2.45, 2.75) is 78.6 Å². The number of fused-ring (bicyclic) bond motifs is 5. The second-order valence-electron chi connectivity index (χ2n) is 9.46. The molecule has 0 heterocycles. The lowest BCUT2D eigenvalue weighted by atomic mass is 9.47. The van der Waals surface area contributed by atoms with Crippen molar-refractivity contribution in [3.8, 4) is 0 Å². The Morgan fingerprint density at radius 1 is 1.08 bits per heavy atom. The van der Waals surface area contributed by atoms with E-state index >= 15 is 0 Å². The summed E-state index contributed by atoms with van der Waals surface area (Å²) in [5.41, 5.74) is 2.88. The zero-order valence-corrected chi connectivity index (χ0v) is 16.1. The molecule has 0 aliphatic heterocycles. The fourth-order valence-corrected chi connectivity index (χ4v) is 6.85. The van der Waals surface area contributed by atoms with E-state index < -0.39 is 0 Å². The van der Waals surface area contributed by atoms with Crippen LogP contribution in [0.3, 0.4) is 0 Å². The molecule has 4 aliphatic rings.